The molecule has 1 aromatic heterocycles. The second-order valence-corrected chi connectivity index (χ2v) is 5.65. The van der Waals surface area contributed by atoms with Crippen LogP contribution in [0.5, 0.6) is 0 Å². The van der Waals surface area contributed by atoms with Crippen molar-refractivity contribution in [1.29, 1.82) is 0 Å². The summed E-state index contributed by atoms with van der Waals surface area (Å²) in [6.45, 7) is 7.05. The van der Waals surface area contributed by atoms with Crippen LogP contribution in [-0.2, 0) is 13.1 Å². The van der Waals surface area contributed by atoms with E-state index in [1.54, 1.807) is 0 Å². The molecule has 4 heteroatoms. The first-order chi connectivity index (χ1) is 8.92. The van der Waals surface area contributed by atoms with Crippen LogP contribution in [0.15, 0.2) is 12.4 Å². The lowest BCUT2D eigenvalue weighted by Gasteiger charge is -2.28. The number of fused-ring (bicyclic) bond motifs is 1. The van der Waals surface area contributed by atoms with E-state index in [-0.39, 0.29) is 0 Å². The van der Waals surface area contributed by atoms with Crippen molar-refractivity contribution in [3.63, 3.8) is 0 Å². The fourth-order valence-electron chi connectivity index (χ4n) is 3.19. The highest BCUT2D eigenvalue weighted by molar-refractivity contribution is 4.95. The third-order valence-corrected chi connectivity index (χ3v) is 4.37. The van der Waals surface area contributed by atoms with Gasteiger partial charge in [-0.25, -0.2) is 4.98 Å². The minimum absolute atomic E-state index is 0.970. The predicted molar refractivity (Wildman–Crippen MR) is 72.3 cm³/mol. The Morgan fingerprint density at radius 2 is 2.17 bits per heavy atom. The Morgan fingerprint density at radius 3 is 3.06 bits per heavy atom. The monoisotopic (exact) mass is 248 g/mol. The molecule has 0 aliphatic carbocycles. The minimum Gasteiger partial charge on any atom is -0.333 e. The highest BCUT2D eigenvalue weighted by Gasteiger charge is 2.17. The van der Waals surface area contributed by atoms with E-state index in [1.807, 2.05) is 6.20 Å². The third kappa shape index (κ3) is 2.93. The lowest BCUT2D eigenvalue weighted by molar-refractivity contribution is 0.205. The minimum atomic E-state index is 0.970. The van der Waals surface area contributed by atoms with Crippen molar-refractivity contribution in [2.24, 2.45) is 5.92 Å². The van der Waals surface area contributed by atoms with Gasteiger partial charge in [0.15, 0.2) is 0 Å². The van der Waals surface area contributed by atoms with E-state index < -0.39 is 0 Å². The molecule has 18 heavy (non-hydrogen) atoms. The van der Waals surface area contributed by atoms with Crippen LogP contribution in [0.1, 0.15) is 31.5 Å². The first-order valence-electron chi connectivity index (χ1n) is 7.35. The summed E-state index contributed by atoms with van der Waals surface area (Å²) in [6.07, 6.45) is 9.54. The number of piperidine rings is 1. The van der Waals surface area contributed by atoms with Crippen LogP contribution < -0.4 is 5.32 Å². The highest BCUT2D eigenvalue weighted by atomic mass is 15.2. The second-order valence-electron chi connectivity index (χ2n) is 5.65. The second kappa shape index (κ2) is 5.85. The molecular formula is C14H24N4. The first-order valence-corrected chi connectivity index (χ1v) is 7.35. The molecule has 1 fully saturated rings. The Kier molecular flexibility index (Phi) is 3.96. The van der Waals surface area contributed by atoms with Crippen molar-refractivity contribution >= 4 is 0 Å². The Hall–Kier alpha value is -0.870. The molecular weight excluding hydrogens is 224 g/mol. The third-order valence-electron chi connectivity index (χ3n) is 4.37. The van der Waals surface area contributed by atoms with Gasteiger partial charge in [0.05, 0.1) is 6.54 Å². The topological polar surface area (TPSA) is 33.1 Å². The van der Waals surface area contributed by atoms with Crippen LogP contribution >= 0.6 is 0 Å². The molecule has 0 radical (unpaired) electrons. The largest absolute Gasteiger partial charge is 0.333 e. The van der Waals surface area contributed by atoms with Gasteiger partial charge < -0.3 is 9.88 Å². The van der Waals surface area contributed by atoms with Gasteiger partial charge in [-0.2, -0.15) is 0 Å². The van der Waals surface area contributed by atoms with E-state index in [9.17, 15) is 0 Å². The van der Waals surface area contributed by atoms with Crippen molar-refractivity contribution in [2.45, 2.75) is 38.8 Å². The zero-order chi connectivity index (χ0) is 12.2. The van der Waals surface area contributed by atoms with Crippen molar-refractivity contribution in [3.8, 4) is 0 Å². The lowest BCUT2D eigenvalue weighted by atomic mass is 9.93. The fourth-order valence-corrected chi connectivity index (χ4v) is 3.19. The maximum absolute atomic E-state index is 4.42. The van der Waals surface area contributed by atoms with Gasteiger partial charge in [-0.3, -0.25) is 4.90 Å². The van der Waals surface area contributed by atoms with E-state index in [2.05, 4.69) is 26.0 Å². The summed E-state index contributed by atoms with van der Waals surface area (Å²) in [6, 6.07) is 0. The predicted octanol–water partition coefficient (Wildman–Crippen LogP) is 1.48. The van der Waals surface area contributed by atoms with Gasteiger partial charge >= 0.3 is 0 Å². The van der Waals surface area contributed by atoms with Gasteiger partial charge in [0, 0.05) is 25.5 Å². The molecule has 0 amide bonds. The molecule has 1 N–H and O–H groups in total. The van der Waals surface area contributed by atoms with Gasteiger partial charge in [-0.05, 0) is 51.2 Å². The summed E-state index contributed by atoms with van der Waals surface area (Å²) in [5, 5.41) is 3.44. The maximum atomic E-state index is 4.42. The van der Waals surface area contributed by atoms with Crippen LogP contribution in [0, 0.1) is 5.92 Å². The van der Waals surface area contributed by atoms with Crippen LogP contribution in [0.3, 0.4) is 0 Å². The van der Waals surface area contributed by atoms with E-state index in [0.717, 1.165) is 19.0 Å². The number of hydrogen-bond donors (Lipinski definition) is 1. The Labute approximate surface area is 109 Å². The first kappa shape index (κ1) is 12.2. The molecule has 0 aromatic carbocycles. The molecule has 0 atom stereocenters. The van der Waals surface area contributed by atoms with Crippen LogP contribution in [0.2, 0.25) is 0 Å². The molecule has 1 saturated heterocycles. The Morgan fingerprint density at radius 1 is 1.28 bits per heavy atom. The summed E-state index contributed by atoms with van der Waals surface area (Å²) < 4.78 is 2.28. The van der Waals surface area contributed by atoms with Gasteiger partial charge in [0.25, 0.3) is 0 Å². The molecule has 4 nitrogen and oxygen atoms in total. The molecule has 2 aliphatic heterocycles. The molecule has 0 saturated carbocycles. The zero-order valence-corrected chi connectivity index (χ0v) is 11.1. The molecule has 0 spiro atoms. The highest BCUT2D eigenvalue weighted by Crippen LogP contribution is 2.19. The molecule has 3 rings (SSSR count). The average molecular weight is 248 g/mol. The zero-order valence-electron chi connectivity index (χ0n) is 11.1. The molecule has 0 unspecified atom stereocenters. The number of hydrogen-bond acceptors (Lipinski definition) is 3. The van der Waals surface area contributed by atoms with Crippen molar-refractivity contribution in [2.75, 3.05) is 26.2 Å². The Balaban J connectivity index is 1.39. The van der Waals surface area contributed by atoms with E-state index in [1.165, 1.54) is 57.7 Å². The Bertz CT molecular complexity index is 368. The van der Waals surface area contributed by atoms with Crippen molar-refractivity contribution in [3.05, 3.63) is 18.2 Å². The maximum Gasteiger partial charge on any atom is 0.122 e. The van der Waals surface area contributed by atoms with Crippen LogP contribution in [-0.4, -0.2) is 40.6 Å². The number of aromatic nitrogens is 2. The summed E-state index contributed by atoms with van der Waals surface area (Å²) in [7, 11) is 0. The van der Waals surface area contributed by atoms with E-state index >= 15 is 0 Å². The smallest absolute Gasteiger partial charge is 0.122 e. The van der Waals surface area contributed by atoms with Gasteiger partial charge in [0.1, 0.15) is 5.82 Å². The lowest BCUT2D eigenvalue weighted by Crippen LogP contribution is -2.34. The normalized spacial score (nSPS) is 22.0. The summed E-state index contributed by atoms with van der Waals surface area (Å²) in [5.41, 5.74) is 0. The molecule has 100 valence electrons. The van der Waals surface area contributed by atoms with E-state index in [4.69, 9.17) is 0 Å². The van der Waals surface area contributed by atoms with Crippen molar-refractivity contribution < 1.29 is 0 Å². The SMILES string of the molecule is c1cn2c(n1)CN(CCCC1CCNCC1)CC2. The molecule has 1 aromatic rings. The summed E-state index contributed by atoms with van der Waals surface area (Å²) >= 11 is 0. The van der Waals surface area contributed by atoms with E-state index in [0.29, 0.717) is 0 Å². The number of nitrogens with one attached hydrogen (secondary N) is 1. The number of imidazole rings is 1. The quantitative estimate of drug-likeness (QED) is 0.876. The average Bonchev–Trinajstić information content (AvgIpc) is 2.87. The molecule has 2 aliphatic rings. The van der Waals surface area contributed by atoms with Gasteiger partial charge in [0.2, 0.25) is 0 Å². The van der Waals surface area contributed by atoms with Crippen LogP contribution in [0.25, 0.3) is 0 Å². The molecule has 3 heterocycles. The molecule has 0 bridgehead atoms. The summed E-state index contributed by atoms with van der Waals surface area (Å²) in [5.74, 6) is 2.21. The van der Waals surface area contributed by atoms with Gasteiger partial charge in [-0.1, -0.05) is 0 Å². The number of nitrogens with zero attached hydrogens (tertiary/aromatic N) is 3. The fraction of sp³-hybridized carbons (Fsp3) is 0.786. The van der Waals surface area contributed by atoms with Gasteiger partial charge in [-0.15, -0.1) is 0 Å². The standard InChI is InChI=1S/C14H24N4/c1(2-13-3-5-15-6-4-13)8-17-10-11-18-9-7-16-14(18)12-17/h7,9,13,15H,1-6,8,10-12H2. The summed E-state index contributed by atoms with van der Waals surface area (Å²) in [4.78, 5) is 6.98. The van der Waals surface area contributed by atoms with Crippen molar-refractivity contribution in [1.82, 2.24) is 19.8 Å². The van der Waals surface area contributed by atoms with Crippen LogP contribution in [0.4, 0.5) is 0 Å². The number of rotatable bonds is 4.